The number of nitrogens with zero attached hydrogens (tertiary/aromatic N) is 1. The number of rotatable bonds is 7. The topological polar surface area (TPSA) is 88.5 Å². The summed E-state index contributed by atoms with van der Waals surface area (Å²) in [7, 11) is 1.55. The van der Waals surface area contributed by atoms with Crippen molar-refractivity contribution in [1.82, 2.24) is 10.3 Å². The van der Waals surface area contributed by atoms with E-state index in [2.05, 4.69) is 10.3 Å². The number of aromatic nitrogens is 1. The smallest absolute Gasteiger partial charge is 0.305 e. The lowest BCUT2D eigenvalue weighted by molar-refractivity contribution is -0.137. The van der Waals surface area contributed by atoms with Gasteiger partial charge in [0.05, 0.1) is 19.6 Å². The summed E-state index contributed by atoms with van der Waals surface area (Å²) in [6.45, 7) is 3.88. The number of pyridine rings is 1. The molecule has 154 valence electrons. The first-order valence-corrected chi connectivity index (χ1v) is 9.59. The van der Waals surface area contributed by atoms with Crippen molar-refractivity contribution in [3.8, 4) is 17.0 Å². The fourth-order valence-electron chi connectivity index (χ4n) is 3.28. The van der Waals surface area contributed by atoms with Crippen LogP contribution in [0.15, 0.2) is 60.7 Å². The van der Waals surface area contributed by atoms with Gasteiger partial charge in [-0.2, -0.15) is 0 Å². The molecule has 0 fully saturated rings. The number of carboxylic acids is 1. The van der Waals surface area contributed by atoms with Gasteiger partial charge in [-0.1, -0.05) is 54.1 Å². The van der Waals surface area contributed by atoms with Crippen molar-refractivity contribution in [3.05, 3.63) is 83.0 Å². The van der Waals surface area contributed by atoms with Gasteiger partial charge in [-0.05, 0) is 37.1 Å². The molecule has 2 N–H and O–H groups in total. The average molecular weight is 404 g/mol. The number of ether oxygens (including phenoxy) is 1. The monoisotopic (exact) mass is 404 g/mol. The maximum atomic E-state index is 13.0. The number of aryl methyl sites for hydroxylation is 2. The molecule has 0 aliphatic heterocycles. The number of carbonyl (C=O) groups excluding carboxylic acids is 1. The van der Waals surface area contributed by atoms with Crippen molar-refractivity contribution < 1.29 is 19.4 Å². The lowest BCUT2D eigenvalue weighted by Crippen LogP contribution is -2.31. The van der Waals surface area contributed by atoms with E-state index in [1.54, 1.807) is 19.2 Å². The molecule has 6 heteroatoms. The maximum absolute atomic E-state index is 13.0. The highest BCUT2D eigenvalue weighted by molar-refractivity contribution is 5.93. The highest BCUT2D eigenvalue weighted by Crippen LogP contribution is 2.29. The van der Waals surface area contributed by atoms with Crippen LogP contribution in [-0.2, 0) is 4.79 Å². The predicted molar refractivity (Wildman–Crippen MR) is 115 cm³/mol. The van der Waals surface area contributed by atoms with Crippen LogP contribution in [0.5, 0.6) is 5.75 Å². The second-order valence-corrected chi connectivity index (χ2v) is 7.09. The summed E-state index contributed by atoms with van der Waals surface area (Å²) in [5.74, 6) is -0.886. The number of carboxylic acid groups (broad SMARTS) is 1. The predicted octanol–water partition coefficient (Wildman–Crippen LogP) is 4.32. The molecule has 3 rings (SSSR count). The third kappa shape index (κ3) is 4.84. The van der Waals surface area contributed by atoms with Crippen molar-refractivity contribution in [2.75, 3.05) is 7.11 Å². The zero-order valence-electron chi connectivity index (χ0n) is 17.2. The minimum atomic E-state index is -0.994. The van der Waals surface area contributed by atoms with Crippen molar-refractivity contribution >= 4 is 11.9 Å². The molecule has 0 radical (unpaired) electrons. The highest BCUT2D eigenvalue weighted by atomic mass is 16.5. The van der Waals surface area contributed by atoms with Gasteiger partial charge in [0.25, 0.3) is 5.91 Å². The summed E-state index contributed by atoms with van der Waals surface area (Å²) in [5.41, 5.74) is 4.35. The van der Waals surface area contributed by atoms with E-state index in [0.29, 0.717) is 11.4 Å². The number of amides is 1. The average Bonchev–Trinajstić information content (AvgIpc) is 2.73. The molecular formula is C24H24N2O4. The number of hydrogen-bond donors (Lipinski definition) is 2. The van der Waals surface area contributed by atoms with Crippen LogP contribution in [0, 0.1) is 13.8 Å². The van der Waals surface area contributed by atoms with Crippen molar-refractivity contribution in [2.24, 2.45) is 0 Å². The van der Waals surface area contributed by atoms with Gasteiger partial charge in [0.15, 0.2) is 0 Å². The van der Waals surface area contributed by atoms with Gasteiger partial charge in [0.2, 0.25) is 0 Å². The number of benzene rings is 2. The number of carbonyl (C=O) groups is 2. The van der Waals surface area contributed by atoms with E-state index in [0.717, 1.165) is 22.3 Å². The van der Waals surface area contributed by atoms with Gasteiger partial charge in [-0.3, -0.25) is 9.59 Å². The summed E-state index contributed by atoms with van der Waals surface area (Å²) in [5, 5.41) is 12.1. The molecule has 0 saturated heterocycles. The Morgan fingerprint density at radius 1 is 1.03 bits per heavy atom. The molecule has 2 aromatic carbocycles. The first kappa shape index (κ1) is 21.0. The van der Waals surface area contributed by atoms with Crippen molar-refractivity contribution in [1.29, 1.82) is 0 Å². The van der Waals surface area contributed by atoms with Crippen LogP contribution >= 0.6 is 0 Å². The zero-order valence-corrected chi connectivity index (χ0v) is 17.2. The van der Waals surface area contributed by atoms with Gasteiger partial charge in [-0.25, -0.2) is 4.98 Å². The Balaban J connectivity index is 1.93. The normalized spacial score (nSPS) is 11.6. The van der Waals surface area contributed by atoms with Crippen LogP contribution in [0.2, 0.25) is 0 Å². The molecule has 0 spiro atoms. The lowest BCUT2D eigenvalue weighted by atomic mass is 9.98. The highest BCUT2D eigenvalue weighted by Gasteiger charge is 2.22. The summed E-state index contributed by atoms with van der Waals surface area (Å²) in [4.78, 5) is 28.8. The lowest BCUT2D eigenvalue weighted by Gasteiger charge is -2.19. The summed E-state index contributed by atoms with van der Waals surface area (Å²) < 4.78 is 5.41. The van der Waals surface area contributed by atoms with Crippen molar-refractivity contribution in [2.45, 2.75) is 26.3 Å². The summed E-state index contributed by atoms with van der Waals surface area (Å²) in [6.07, 6.45) is -0.225. The van der Waals surface area contributed by atoms with Crippen LogP contribution < -0.4 is 10.1 Å². The molecule has 6 nitrogen and oxygen atoms in total. The second-order valence-electron chi connectivity index (χ2n) is 7.09. The van der Waals surface area contributed by atoms with E-state index in [-0.39, 0.29) is 12.1 Å². The third-order valence-corrected chi connectivity index (χ3v) is 4.88. The Labute approximate surface area is 175 Å². The molecule has 0 bridgehead atoms. The van der Waals surface area contributed by atoms with Gasteiger partial charge in [0, 0.05) is 5.56 Å². The quantitative estimate of drug-likeness (QED) is 0.612. The Hall–Kier alpha value is -3.67. The molecule has 1 heterocycles. The number of hydrogen-bond acceptors (Lipinski definition) is 4. The van der Waals surface area contributed by atoms with Crippen LogP contribution in [0.4, 0.5) is 0 Å². The van der Waals surface area contributed by atoms with Crippen molar-refractivity contribution in [3.63, 3.8) is 0 Å². The molecule has 0 aliphatic carbocycles. The van der Waals surface area contributed by atoms with Crippen LogP contribution in [0.25, 0.3) is 11.3 Å². The van der Waals surface area contributed by atoms with E-state index >= 15 is 0 Å². The Bertz CT molecular complexity index is 1060. The Morgan fingerprint density at radius 3 is 2.37 bits per heavy atom. The van der Waals surface area contributed by atoms with Gasteiger partial charge < -0.3 is 15.2 Å². The van der Waals surface area contributed by atoms with E-state index in [4.69, 9.17) is 4.74 Å². The molecule has 0 saturated carbocycles. The second kappa shape index (κ2) is 9.22. The number of nitrogens with one attached hydrogen (secondary N) is 1. The maximum Gasteiger partial charge on any atom is 0.305 e. The summed E-state index contributed by atoms with van der Waals surface area (Å²) in [6, 6.07) is 17.8. The van der Waals surface area contributed by atoms with E-state index < -0.39 is 17.9 Å². The van der Waals surface area contributed by atoms with Crippen LogP contribution in [0.3, 0.4) is 0 Å². The van der Waals surface area contributed by atoms with E-state index in [9.17, 15) is 14.7 Å². The Morgan fingerprint density at radius 2 is 1.73 bits per heavy atom. The fourth-order valence-corrected chi connectivity index (χ4v) is 3.28. The first-order valence-electron chi connectivity index (χ1n) is 9.59. The largest absolute Gasteiger partial charge is 0.494 e. The van der Waals surface area contributed by atoms with E-state index in [1.807, 2.05) is 62.4 Å². The minimum absolute atomic E-state index is 0.190. The van der Waals surface area contributed by atoms with Gasteiger partial charge in [0.1, 0.15) is 17.1 Å². The van der Waals surface area contributed by atoms with Crippen LogP contribution in [-0.4, -0.2) is 29.1 Å². The number of aliphatic carboxylic acids is 1. The fraction of sp³-hybridized carbons (Fsp3) is 0.208. The SMILES string of the molecule is COc1ccc(C(=O)NC(CC(=O)O)c2ccccc2C)nc1-c1ccc(C)cc1. The molecule has 1 atom stereocenters. The summed E-state index contributed by atoms with van der Waals surface area (Å²) >= 11 is 0. The standard InChI is InChI=1S/C24H24N2O4/c1-15-8-10-17(11-9-15)23-21(30-3)13-12-19(25-23)24(29)26-20(14-22(27)28)18-7-5-4-6-16(18)2/h4-13,20H,14H2,1-3H3,(H,26,29)(H,27,28). The van der Waals surface area contributed by atoms with Gasteiger partial charge >= 0.3 is 5.97 Å². The molecule has 0 aliphatic rings. The molecule has 1 amide bonds. The van der Waals surface area contributed by atoms with Gasteiger partial charge in [-0.15, -0.1) is 0 Å². The first-order chi connectivity index (χ1) is 14.4. The zero-order chi connectivity index (χ0) is 21.7. The molecule has 1 aromatic heterocycles. The van der Waals surface area contributed by atoms with E-state index in [1.165, 1.54) is 0 Å². The minimum Gasteiger partial charge on any atom is -0.494 e. The Kier molecular flexibility index (Phi) is 6.47. The molecular weight excluding hydrogens is 380 g/mol. The third-order valence-electron chi connectivity index (χ3n) is 4.88. The molecule has 30 heavy (non-hydrogen) atoms. The number of methoxy groups -OCH3 is 1. The van der Waals surface area contributed by atoms with Crippen LogP contribution in [0.1, 0.15) is 39.6 Å². The molecule has 1 unspecified atom stereocenters. The molecule has 3 aromatic rings.